The summed E-state index contributed by atoms with van der Waals surface area (Å²) in [6, 6.07) is 12.7. The molecule has 8 heteroatoms. The molecule has 0 radical (unpaired) electrons. The van der Waals surface area contributed by atoms with Crippen LogP contribution >= 0.6 is 15.9 Å². The normalized spacial score (nSPS) is 13.6. The molecule has 7 nitrogen and oxygen atoms in total. The molecule has 2 N–H and O–H groups in total. The molecule has 4 rings (SSSR count). The van der Waals surface area contributed by atoms with Gasteiger partial charge in [0.2, 0.25) is 5.95 Å². The maximum Gasteiger partial charge on any atom is 0.291 e. The van der Waals surface area contributed by atoms with E-state index in [2.05, 4.69) is 41.4 Å². The molecule has 0 spiro atoms. The highest BCUT2D eigenvalue weighted by Gasteiger charge is 2.16. The third-order valence-corrected chi connectivity index (χ3v) is 4.87. The van der Waals surface area contributed by atoms with Gasteiger partial charge in [-0.3, -0.25) is 4.79 Å². The van der Waals surface area contributed by atoms with Gasteiger partial charge in [-0.2, -0.15) is 4.98 Å². The summed E-state index contributed by atoms with van der Waals surface area (Å²) in [6.45, 7) is 3.98. The van der Waals surface area contributed by atoms with Crippen molar-refractivity contribution in [2.24, 2.45) is 0 Å². The van der Waals surface area contributed by atoms with Gasteiger partial charge in [-0.1, -0.05) is 0 Å². The van der Waals surface area contributed by atoms with E-state index in [9.17, 15) is 4.79 Å². The smallest absolute Gasteiger partial charge is 0.291 e. The Morgan fingerprint density at radius 1 is 1.07 bits per heavy atom. The summed E-state index contributed by atoms with van der Waals surface area (Å²) in [5.74, 6) is 1.48. The van der Waals surface area contributed by atoms with Gasteiger partial charge in [0.15, 0.2) is 10.4 Å². The Hall–Kier alpha value is -2.87. The van der Waals surface area contributed by atoms with Crippen LogP contribution in [-0.4, -0.2) is 29.0 Å². The van der Waals surface area contributed by atoms with Crippen LogP contribution < -0.4 is 15.5 Å². The van der Waals surface area contributed by atoms with E-state index < -0.39 is 0 Å². The number of hydrogen-bond acceptors (Lipinski definition) is 6. The van der Waals surface area contributed by atoms with Gasteiger partial charge in [-0.05, 0) is 72.1 Å². The quantitative estimate of drug-likeness (QED) is 0.594. The number of nitrogens with zero attached hydrogens (tertiary/aromatic N) is 3. The number of carbonyl (C=O) groups excluding carboxylic acids is 1. The lowest BCUT2D eigenvalue weighted by Crippen LogP contribution is -2.21. The van der Waals surface area contributed by atoms with Gasteiger partial charge in [0.25, 0.3) is 5.91 Å². The summed E-state index contributed by atoms with van der Waals surface area (Å²) >= 11 is 3.19. The lowest BCUT2D eigenvalue weighted by atomic mass is 10.2. The second-order valence-electron chi connectivity index (χ2n) is 6.65. The lowest BCUT2D eigenvalue weighted by Gasteiger charge is -2.17. The van der Waals surface area contributed by atoms with Crippen LogP contribution in [0.5, 0.6) is 0 Å². The number of aromatic nitrogens is 2. The van der Waals surface area contributed by atoms with E-state index in [-0.39, 0.29) is 11.7 Å². The summed E-state index contributed by atoms with van der Waals surface area (Å²) in [7, 11) is 0. The second-order valence-corrected chi connectivity index (χ2v) is 7.43. The summed E-state index contributed by atoms with van der Waals surface area (Å²) in [5.41, 5.74) is 2.48. The molecule has 0 aliphatic carbocycles. The van der Waals surface area contributed by atoms with Crippen LogP contribution in [0.1, 0.15) is 29.1 Å². The summed E-state index contributed by atoms with van der Waals surface area (Å²) in [6.07, 6.45) is 2.37. The predicted molar refractivity (Wildman–Crippen MR) is 112 cm³/mol. The zero-order chi connectivity index (χ0) is 19.5. The molecule has 0 saturated carbocycles. The molecule has 1 aliphatic heterocycles. The lowest BCUT2D eigenvalue weighted by molar-refractivity contribution is 0.0995. The summed E-state index contributed by atoms with van der Waals surface area (Å²) in [5, 5.41) is 6.11. The van der Waals surface area contributed by atoms with Gasteiger partial charge in [0.05, 0.1) is 0 Å². The molecular formula is C20H20BrN5O2. The maximum atomic E-state index is 12.1. The molecule has 3 heterocycles. The molecule has 1 aliphatic rings. The molecule has 1 amide bonds. The van der Waals surface area contributed by atoms with Gasteiger partial charge in [0.1, 0.15) is 5.82 Å². The van der Waals surface area contributed by atoms with E-state index in [4.69, 9.17) is 4.42 Å². The predicted octanol–water partition coefficient (Wildman–Crippen LogP) is 4.74. The summed E-state index contributed by atoms with van der Waals surface area (Å²) < 4.78 is 5.78. The van der Waals surface area contributed by atoms with Crippen LogP contribution in [-0.2, 0) is 0 Å². The Balaban J connectivity index is 1.43. The molecule has 3 aromatic rings. The molecule has 28 heavy (non-hydrogen) atoms. The molecule has 144 valence electrons. The van der Waals surface area contributed by atoms with Crippen molar-refractivity contribution in [2.45, 2.75) is 19.8 Å². The molecule has 2 aromatic heterocycles. The topological polar surface area (TPSA) is 83.3 Å². The van der Waals surface area contributed by atoms with Crippen LogP contribution in [0.2, 0.25) is 0 Å². The van der Waals surface area contributed by atoms with E-state index in [0.717, 1.165) is 36.2 Å². The van der Waals surface area contributed by atoms with Crippen LogP contribution in [0, 0.1) is 6.92 Å². The highest BCUT2D eigenvalue weighted by Crippen LogP contribution is 2.23. The fraction of sp³-hybridized carbons (Fsp3) is 0.250. The zero-order valence-corrected chi connectivity index (χ0v) is 17.0. The van der Waals surface area contributed by atoms with Gasteiger partial charge in [0, 0.05) is 36.2 Å². The largest absolute Gasteiger partial charge is 0.444 e. The number of carbonyl (C=O) groups is 1. The van der Waals surface area contributed by atoms with E-state index in [0.29, 0.717) is 10.4 Å². The number of furan rings is 1. The van der Waals surface area contributed by atoms with Crippen LogP contribution in [0.3, 0.4) is 0 Å². The zero-order valence-electron chi connectivity index (χ0n) is 15.4. The fourth-order valence-corrected chi connectivity index (χ4v) is 3.40. The van der Waals surface area contributed by atoms with Crippen molar-refractivity contribution in [3.8, 4) is 0 Å². The molecule has 0 unspecified atom stereocenters. The number of nitrogens with one attached hydrogen (secondary N) is 2. The standard InChI is InChI=1S/C20H20BrN5O2/c1-13-12-18(25-20(22-13)26-10-2-3-11-26)23-14-4-6-15(7-5-14)24-19(27)16-8-9-17(21)28-16/h4-9,12H,2-3,10-11H2,1H3,(H,24,27)(H,22,23,25). The van der Waals surface area contributed by atoms with Crippen molar-refractivity contribution >= 4 is 45.0 Å². The van der Waals surface area contributed by atoms with Crippen LogP contribution in [0.25, 0.3) is 0 Å². The minimum Gasteiger partial charge on any atom is -0.444 e. The van der Waals surface area contributed by atoms with Crippen molar-refractivity contribution in [1.29, 1.82) is 0 Å². The maximum absolute atomic E-state index is 12.1. The van der Waals surface area contributed by atoms with Crippen LogP contribution in [0.15, 0.2) is 51.6 Å². The van der Waals surface area contributed by atoms with Gasteiger partial charge < -0.3 is 20.0 Å². The molecule has 1 saturated heterocycles. The first-order valence-corrected chi connectivity index (χ1v) is 9.90. The average molecular weight is 442 g/mol. The van der Waals surface area contributed by atoms with E-state index in [1.54, 1.807) is 12.1 Å². The molecular weight excluding hydrogens is 422 g/mol. The van der Waals surface area contributed by atoms with Crippen LogP contribution in [0.4, 0.5) is 23.1 Å². The first-order valence-electron chi connectivity index (χ1n) is 9.11. The van der Waals surface area contributed by atoms with Crippen molar-refractivity contribution in [2.75, 3.05) is 28.6 Å². The Morgan fingerprint density at radius 3 is 2.46 bits per heavy atom. The SMILES string of the molecule is Cc1cc(Nc2ccc(NC(=O)c3ccc(Br)o3)cc2)nc(N2CCCC2)n1. The van der Waals surface area contributed by atoms with E-state index in [1.807, 2.05) is 37.3 Å². The van der Waals surface area contributed by atoms with E-state index in [1.165, 1.54) is 12.8 Å². The molecule has 1 fully saturated rings. The number of halogens is 1. The Labute approximate surface area is 171 Å². The number of aryl methyl sites for hydroxylation is 1. The van der Waals surface area contributed by atoms with Crippen molar-refractivity contribution < 1.29 is 9.21 Å². The minimum absolute atomic E-state index is 0.250. The number of rotatable bonds is 5. The molecule has 0 atom stereocenters. The molecule has 0 bridgehead atoms. The highest BCUT2D eigenvalue weighted by molar-refractivity contribution is 9.10. The van der Waals surface area contributed by atoms with Crippen molar-refractivity contribution in [3.63, 3.8) is 0 Å². The first kappa shape index (κ1) is 18.5. The second kappa shape index (κ2) is 8.02. The number of hydrogen-bond donors (Lipinski definition) is 2. The van der Waals surface area contributed by atoms with Crippen molar-refractivity contribution in [3.05, 3.63) is 58.6 Å². The highest BCUT2D eigenvalue weighted by atomic mass is 79.9. The first-order chi connectivity index (χ1) is 13.6. The Bertz CT molecular complexity index is 981. The van der Waals surface area contributed by atoms with E-state index >= 15 is 0 Å². The third kappa shape index (κ3) is 4.33. The average Bonchev–Trinajstić information content (AvgIpc) is 3.35. The van der Waals surface area contributed by atoms with Crippen molar-refractivity contribution in [1.82, 2.24) is 9.97 Å². The van der Waals surface area contributed by atoms with Gasteiger partial charge >= 0.3 is 0 Å². The Kier molecular flexibility index (Phi) is 5.29. The number of anilines is 4. The minimum atomic E-state index is -0.298. The van der Waals surface area contributed by atoms with Gasteiger partial charge in [-0.25, -0.2) is 4.98 Å². The number of benzene rings is 1. The summed E-state index contributed by atoms with van der Waals surface area (Å²) in [4.78, 5) is 23.5. The fourth-order valence-electron chi connectivity index (χ4n) is 3.09. The number of amides is 1. The third-order valence-electron chi connectivity index (χ3n) is 4.44. The van der Waals surface area contributed by atoms with Gasteiger partial charge in [-0.15, -0.1) is 0 Å². The Morgan fingerprint density at radius 2 is 1.79 bits per heavy atom. The monoisotopic (exact) mass is 441 g/mol. The molecule has 1 aromatic carbocycles.